The molecule has 2 atom stereocenters. The molecule has 1 fully saturated rings. The predicted molar refractivity (Wildman–Crippen MR) is 118 cm³/mol. The van der Waals surface area contributed by atoms with Gasteiger partial charge in [0.2, 0.25) is 0 Å². The number of anilines is 2. The van der Waals surface area contributed by atoms with Gasteiger partial charge in [-0.15, -0.1) is 0 Å². The second-order valence-corrected chi connectivity index (χ2v) is 7.88. The summed E-state index contributed by atoms with van der Waals surface area (Å²) in [7, 11) is 2.03. The van der Waals surface area contributed by atoms with Crippen LogP contribution in [0, 0.1) is 5.82 Å². The number of nitrogens with zero attached hydrogens (tertiary/aromatic N) is 1. The minimum Gasteiger partial charge on any atom is -0.350 e. The SMILES string of the molecule is Cn1cccc1[C@H]1CCC[NH+]1CC(=O)Nc1ccccc1C(=O)Nc1ccc(F)cc1. The molecule has 3 aromatic rings. The van der Waals surface area contributed by atoms with Gasteiger partial charge < -0.3 is 20.1 Å². The number of carbonyl (C=O) groups is 2. The van der Waals surface area contributed by atoms with Crippen LogP contribution in [-0.4, -0.2) is 29.5 Å². The number of rotatable bonds is 6. The summed E-state index contributed by atoms with van der Waals surface area (Å²) in [4.78, 5) is 26.8. The summed E-state index contributed by atoms with van der Waals surface area (Å²) in [5, 5.41) is 5.65. The third kappa shape index (κ3) is 4.83. The van der Waals surface area contributed by atoms with Crippen molar-refractivity contribution in [2.24, 2.45) is 7.05 Å². The van der Waals surface area contributed by atoms with Crippen molar-refractivity contribution < 1.29 is 18.9 Å². The van der Waals surface area contributed by atoms with Crippen molar-refractivity contribution in [2.45, 2.75) is 18.9 Å². The van der Waals surface area contributed by atoms with E-state index in [1.165, 1.54) is 34.9 Å². The Morgan fingerprint density at radius 1 is 1.06 bits per heavy atom. The van der Waals surface area contributed by atoms with E-state index in [1.54, 1.807) is 24.3 Å². The van der Waals surface area contributed by atoms with Crippen LogP contribution in [0.2, 0.25) is 0 Å². The Morgan fingerprint density at radius 2 is 1.84 bits per heavy atom. The number of hydrogen-bond acceptors (Lipinski definition) is 2. The molecule has 0 saturated carbocycles. The molecule has 0 radical (unpaired) electrons. The van der Waals surface area contributed by atoms with Gasteiger partial charge in [-0.05, 0) is 48.5 Å². The van der Waals surface area contributed by atoms with Crippen LogP contribution >= 0.6 is 0 Å². The van der Waals surface area contributed by atoms with E-state index >= 15 is 0 Å². The average molecular weight is 421 g/mol. The van der Waals surface area contributed by atoms with Crippen LogP contribution in [0.3, 0.4) is 0 Å². The first kappa shape index (κ1) is 20.8. The van der Waals surface area contributed by atoms with E-state index in [0.717, 1.165) is 19.4 Å². The highest BCUT2D eigenvalue weighted by molar-refractivity contribution is 6.10. The van der Waals surface area contributed by atoms with Crippen molar-refractivity contribution in [1.29, 1.82) is 0 Å². The van der Waals surface area contributed by atoms with Crippen LogP contribution in [0.15, 0.2) is 66.9 Å². The molecule has 2 aromatic carbocycles. The smallest absolute Gasteiger partial charge is 0.279 e. The second kappa shape index (κ2) is 9.14. The fourth-order valence-corrected chi connectivity index (χ4v) is 4.24. The lowest BCUT2D eigenvalue weighted by Gasteiger charge is -2.22. The minimum atomic E-state index is -0.372. The summed E-state index contributed by atoms with van der Waals surface area (Å²) in [6.07, 6.45) is 4.16. The Morgan fingerprint density at radius 3 is 2.58 bits per heavy atom. The number of aryl methyl sites for hydroxylation is 1. The highest BCUT2D eigenvalue weighted by Gasteiger charge is 2.33. The lowest BCUT2D eigenvalue weighted by Crippen LogP contribution is -3.11. The van der Waals surface area contributed by atoms with E-state index in [4.69, 9.17) is 0 Å². The van der Waals surface area contributed by atoms with Gasteiger partial charge in [0.25, 0.3) is 11.8 Å². The van der Waals surface area contributed by atoms with Gasteiger partial charge in [-0.3, -0.25) is 9.59 Å². The van der Waals surface area contributed by atoms with Crippen LogP contribution in [0.5, 0.6) is 0 Å². The van der Waals surface area contributed by atoms with Crippen molar-refractivity contribution in [3.8, 4) is 0 Å². The molecule has 7 heteroatoms. The molecule has 0 spiro atoms. The number of carbonyl (C=O) groups excluding carboxylic acids is 2. The second-order valence-electron chi connectivity index (χ2n) is 7.88. The molecule has 2 heterocycles. The molecule has 1 aromatic heterocycles. The largest absolute Gasteiger partial charge is 0.350 e. The number of nitrogens with one attached hydrogen (secondary N) is 3. The zero-order chi connectivity index (χ0) is 21.8. The first-order valence-corrected chi connectivity index (χ1v) is 10.4. The molecule has 6 nitrogen and oxygen atoms in total. The maximum atomic E-state index is 13.1. The van der Waals surface area contributed by atoms with Crippen LogP contribution in [0.1, 0.15) is 34.9 Å². The van der Waals surface area contributed by atoms with Crippen molar-refractivity contribution in [3.05, 3.63) is 83.9 Å². The zero-order valence-electron chi connectivity index (χ0n) is 17.4. The summed E-state index contributed by atoms with van der Waals surface area (Å²) in [5.74, 6) is -0.862. The highest BCUT2D eigenvalue weighted by Crippen LogP contribution is 2.20. The van der Waals surface area contributed by atoms with E-state index in [-0.39, 0.29) is 17.6 Å². The maximum Gasteiger partial charge on any atom is 0.279 e. The van der Waals surface area contributed by atoms with Crippen LogP contribution < -0.4 is 15.5 Å². The lowest BCUT2D eigenvalue weighted by atomic mass is 10.1. The number of quaternary nitrogens is 1. The Balaban J connectivity index is 1.43. The number of amides is 2. The summed E-state index contributed by atoms with van der Waals surface area (Å²) >= 11 is 0. The lowest BCUT2D eigenvalue weighted by molar-refractivity contribution is -0.910. The van der Waals surface area contributed by atoms with Crippen LogP contribution in [0.25, 0.3) is 0 Å². The number of aromatic nitrogens is 1. The quantitative estimate of drug-likeness (QED) is 0.573. The number of hydrogen-bond donors (Lipinski definition) is 3. The fraction of sp³-hybridized carbons (Fsp3) is 0.250. The van der Waals surface area contributed by atoms with Gasteiger partial charge in [0.1, 0.15) is 11.9 Å². The summed E-state index contributed by atoms with van der Waals surface area (Å²) in [5.41, 5.74) is 2.54. The van der Waals surface area contributed by atoms with Crippen molar-refractivity contribution in [1.82, 2.24) is 4.57 Å². The first-order chi connectivity index (χ1) is 15.0. The molecule has 31 heavy (non-hydrogen) atoms. The van der Waals surface area contributed by atoms with Gasteiger partial charge in [-0.1, -0.05) is 12.1 Å². The van der Waals surface area contributed by atoms with E-state index in [1.807, 2.05) is 19.3 Å². The number of halogens is 1. The number of para-hydroxylation sites is 1. The minimum absolute atomic E-state index is 0.127. The van der Waals surface area contributed by atoms with Gasteiger partial charge in [-0.25, -0.2) is 4.39 Å². The zero-order valence-corrected chi connectivity index (χ0v) is 17.4. The Hall–Kier alpha value is -3.45. The van der Waals surface area contributed by atoms with Crippen molar-refractivity contribution >= 4 is 23.2 Å². The highest BCUT2D eigenvalue weighted by atomic mass is 19.1. The predicted octanol–water partition coefficient (Wildman–Crippen LogP) is 2.77. The molecular formula is C24H26FN4O2+. The molecule has 1 aliphatic heterocycles. The molecule has 0 aliphatic carbocycles. The summed E-state index contributed by atoms with van der Waals surface area (Å²) < 4.78 is 15.2. The Kier molecular flexibility index (Phi) is 6.13. The number of likely N-dealkylation sites (tertiary alicyclic amines) is 1. The molecule has 4 rings (SSSR count). The monoisotopic (exact) mass is 421 g/mol. The number of benzene rings is 2. The normalized spacial score (nSPS) is 18.0. The fourth-order valence-electron chi connectivity index (χ4n) is 4.24. The molecule has 1 unspecified atom stereocenters. The van der Waals surface area contributed by atoms with E-state index in [9.17, 15) is 14.0 Å². The maximum absolute atomic E-state index is 13.1. The third-order valence-electron chi connectivity index (χ3n) is 5.76. The van der Waals surface area contributed by atoms with Crippen molar-refractivity contribution in [2.75, 3.05) is 23.7 Å². The van der Waals surface area contributed by atoms with Gasteiger partial charge >= 0.3 is 0 Å². The molecule has 0 bridgehead atoms. The topological polar surface area (TPSA) is 67.6 Å². The standard InChI is InChI=1S/C24H25FN4O2/c1-28-14-4-8-21(28)22-9-5-15-29(22)16-23(30)27-20-7-3-2-6-19(20)24(31)26-18-12-10-17(25)11-13-18/h2-4,6-8,10-14,22H,5,9,15-16H2,1H3,(H,26,31)(H,27,30)/p+1/t22-/m1/s1. The van der Waals surface area contributed by atoms with Gasteiger partial charge in [0, 0.05) is 31.8 Å². The van der Waals surface area contributed by atoms with Gasteiger partial charge in [-0.2, -0.15) is 0 Å². The third-order valence-corrected chi connectivity index (χ3v) is 5.76. The summed E-state index contributed by atoms with van der Waals surface area (Å²) in [6.45, 7) is 1.28. The van der Waals surface area contributed by atoms with Crippen LogP contribution in [0.4, 0.5) is 15.8 Å². The molecular weight excluding hydrogens is 395 g/mol. The van der Waals surface area contributed by atoms with Gasteiger partial charge in [0.05, 0.1) is 23.5 Å². The Labute approximate surface area is 180 Å². The first-order valence-electron chi connectivity index (χ1n) is 10.4. The van der Waals surface area contributed by atoms with E-state index in [2.05, 4.69) is 21.3 Å². The van der Waals surface area contributed by atoms with Crippen molar-refractivity contribution in [3.63, 3.8) is 0 Å². The Bertz CT molecular complexity index is 1080. The summed E-state index contributed by atoms with van der Waals surface area (Å²) in [6, 6.07) is 16.9. The van der Waals surface area contributed by atoms with E-state index < -0.39 is 0 Å². The molecule has 160 valence electrons. The molecule has 3 N–H and O–H groups in total. The molecule has 1 saturated heterocycles. The van der Waals surface area contributed by atoms with Crippen LogP contribution in [-0.2, 0) is 11.8 Å². The van der Waals surface area contributed by atoms with Gasteiger partial charge in [0.15, 0.2) is 6.54 Å². The molecule has 2 amide bonds. The average Bonchev–Trinajstić information content (AvgIpc) is 3.38. The van der Waals surface area contributed by atoms with E-state index in [0.29, 0.717) is 29.5 Å². The molecule has 1 aliphatic rings.